The summed E-state index contributed by atoms with van der Waals surface area (Å²) in [7, 11) is 0. The van der Waals surface area contributed by atoms with Crippen LogP contribution < -0.4 is 9.55 Å². The van der Waals surface area contributed by atoms with E-state index < -0.39 is 37.3 Å². The van der Waals surface area contributed by atoms with Crippen molar-refractivity contribution in [1.29, 1.82) is 0 Å². The number of aromatic nitrogens is 5. The summed E-state index contributed by atoms with van der Waals surface area (Å²) in [6.45, 7) is 21.8. The first-order chi connectivity index (χ1) is 36.4. The van der Waals surface area contributed by atoms with Crippen molar-refractivity contribution in [1.82, 2.24) is 23.8 Å². The van der Waals surface area contributed by atoms with E-state index in [1.165, 1.54) is 0 Å². The van der Waals surface area contributed by atoms with E-state index in [9.17, 15) is 2.74 Å². The van der Waals surface area contributed by atoms with Gasteiger partial charge < -0.3 is 0 Å². The second-order valence-electron chi connectivity index (χ2n) is 21.6. The predicted molar refractivity (Wildman–Crippen MR) is 288 cm³/mol. The molecular weight excluding hydrogens is 1040 g/mol. The fourth-order valence-electron chi connectivity index (χ4n) is 9.39. The van der Waals surface area contributed by atoms with E-state index in [1.807, 2.05) is 93.6 Å². The normalized spacial score (nSPS) is 14.8. The molecule has 1 aliphatic heterocycles. The van der Waals surface area contributed by atoms with Crippen LogP contribution in [0.3, 0.4) is 0 Å². The molecule has 0 fully saturated rings. The Hall–Kier alpha value is -6.50. The van der Waals surface area contributed by atoms with Gasteiger partial charge in [-0.15, -0.1) is 0 Å². The van der Waals surface area contributed by atoms with Crippen LogP contribution in [-0.4, -0.2) is 30.8 Å². The van der Waals surface area contributed by atoms with Crippen molar-refractivity contribution in [3.63, 3.8) is 0 Å². The molecule has 356 valence electrons. The maximum atomic E-state index is 9.49. The van der Waals surface area contributed by atoms with E-state index in [1.54, 1.807) is 15.6 Å². The molecule has 3 aromatic heterocycles. The third-order valence-electron chi connectivity index (χ3n) is 13.5. The molecule has 1 aliphatic rings. The van der Waals surface area contributed by atoms with Gasteiger partial charge in [0.05, 0.1) is 5.69 Å². The van der Waals surface area contributed by atoms with Crippen molar-refractivity contribution in [3.05, 3.63) is 183 Å². The SMILES string of the molecule is [2H]c1c([2H])c([2H])c(-c2cc(C(C)(C)C)cc(-c3cc(C(C)(C)C)cc(C(C)(C)C)c3)c2-n2[c](=[Pt])n(-c3cccc(Oc4ccc5c(c4)N(c4cc(C)ccn4)B(C([2H])([2H])[2H])n4nc(C)c(C)c4-5)c3)c3ccccc32)c([2H])c1[2H]. The van der Waals surface area contributed by atoms with E-state index in [2.05, 4.69) is 127 Å². The molecule has 4 heterocycles. The van der Waals surface area contributed by atoms with Crippen molar-refractivity contribution in [2.24, 2.45) is 0 Å². The third-order valence-corrected chi connectivity index (χ3v) is 14.5. The van der Waals surface area contributed by atoms with E-state index in [-0.39, 0.29) is 28.5 Å². The van der Waals surface area contributed by atoms with Gasteiger partial charge in [-0.25, -0.2) is 0 Å². The second kappa shape index (κ2) is 17.4. The average Bonchev–Trinajstić information content (AvgIpc) is 3.91. The van der Waals surface area contributed by atoms with Gasteiger partial charge in [-0.2, -0.15) is 5.10 Å². The van der Waals surface area contributed by atoms with Crippen LogP contribution in [0, 0.1) is 24.6 Å². The van der Waals surface area contributed by atoms with E-state index in [0.29, 0.717) is 34.3 Å². The van der Waals surface area contributed by atoms with Crippen LogP contribution in [0.25, 0.3) is 55.9 Å². The van der Waals surface area contributed by atoms with Crippen molar-refractivity contribution in [2.45, 2.75) is 106 Å². The van der Waals surface area contributed by atoms with Crippen LogP contribution in [-0.2, 0) is 35.6 Å². The van der Waals surface area contributed by atoms with Gasteiger partial charge >= 0.3 is 385 Å². The quantitative estimate of drug-likeness (QED) is 0.149. The zero-order valence-electron chi connectivity index (χ0n) is 50.0. The fraction of sp³-hybridized carbons (Fsp3) is 0.262. The summed E-state index contributed by atoms with van der Waals surface area (Å²) in [5.74, 6) is 1.48. The zero-order chi connectivity index (χ0) is 56.5. The first kappa shape index (κ1) is 38.3. The number of anilines is 2. The van der Waals surface area contributed by atoms with Gasteiger partial charge in [-0.3, -0.25) is 0 Å². The molecule has 9 heteroatoms. The zero-order valence-corrected chi connectivity index (χ0v) is 44.2. The molecule has 0 saturated carbocycles. The fourth-order valence-corrected chi connectivity index (χ4v) is 10.5. The van der Waals surface area contributed by atoms with Gasteiger partial charge in [-0.1, -0.05) is 0 Å². The average molecular weight is 1110 g/mol. The topological polar surface area (TPSA) is 53.0 Å². The number of benzene rings is 6. The van der Waals surface area contributed by atoms with Crippen LogP contribution in [0.15, 0.2) is 146 Å². The first-order valence-corrected chi connectivity index (χ1v) is 24.9. The summed E-state index contributed by atoms with van der Waals surface area (Å²) >= 11 is 2.35. The summed E-state index contributed by atoms with van der Waals surface area (Å²) in [5.41, 5.74) is 12.6. The Balaban J connectivity index is 1.21. The number of imidazole rings is 1. The van der Waals surface area contributed by atoms with E-state index in [4.69, 9.17) is 23.0 Å². The molecular formula is C61H63BN6OPt. The van der Waals surface area contributed by atoms with E-state index >= 15 is 0 Å². The van der Waals surface area contributed by atoms with Gasteiger partial charge in [-0.05, 0) is 32.4 Å². The molecule has 0 unspecified atom stereocenters. The van der Waals surface area contributed by atoms with Gasteiger partial charge in [0.15, 0.2) is 0 Å². The summed E-state index contributed by atoms with van der Waals surface area (Å²) in [6.07, 6.45) is 1.68. The van der Waals surface area contributed by atoms with Crippen LogP contribution in [0.1, 0.15) is 107 Å². The number of nitrogens with zero attached hydrogens (tertiary/aromatic N) is 6. The van der Waals surface area contributed by atoms with Crippen molar-refractivity contribution in [3.8, 4) is 56.4 Å². The Kier molecular flexibility index (Phi) is 9.53. The molecule has 10 rings (SSSR count). The maximum absolute atomic E-state index is 9.49. The molecule has 6 aromatic carbocycles. The number of ether oxygens (including phenoxy) is 1. The molecule has 7 nitrogen and oxygen atoms in total. The van der Waals surface area contributed by atoms with Crippen molar-refractivity contribution < 1.29 is 35.1 Å². The monoisotopic (exact) mass is 1110 g/mol. The molecule has 0 atom stereocenters. The molecule has 0 amide bonds. The predicted octanol–water partition coefficient (Wildman–Crippen LogP) is 15.8. The van der Waals surface area contributed by atoms with Crippen LogP contribution >= 0.6 is 0 Å². The molecule has 0 N–H and O–H groups in total. The molecule has 0 radical (unpaired) electrons. The first-order valence-electron chi connectivity index (χ1n) is 27.8. The van der Waals surface area contributed by atoms with E-state index in [0.717, 1.165) is 76.4 Å². The molecule has 9 aromatic rings. The van der Waals surface area contributed by atoms with Crippen LogP contribution in [0.4, 0.5) is 11.5 Å². The number of para-hydroxylation sites is 2. The van der Waals surface area contributed by atoms with Gasteiger partial charge in [0, 0.05) is 10.3 Å². The van der Waals surface area contributed by atoms with Crippen LogP contribution in [0.2, 0.25) is 6.75 Å². The molecule has 0 bridgehead atoms. The molecule has 0 aliphatic carbocycles. The number of pyridine rings is 1. The minimum atomic E-state index is -2.50. The van der Waals surface area contributed by atoms with Crippen molar-refractivity contribution >= 4 is 29.5 Å². The van der Waals surface area contributed by atoms with Crippen molar-refractivity contribution in [2.75, 3.05) is 4.81 Å². The van der Waals surface area contributed by atoms with Gasteiger partial charge in [0.25, 0.3) is 0 Å². The number of hydrogen-bond acceptors (Lipinski definition) is 4. The van der Waals surface area contributed by atoms with Gasteiger partial charge in [0.1, 0.15) is 0 Å². The number of rotatable bonds is 7. The number of fused-ring (bicyclic) bond motifs is 4. The Morgan fingerprint density at radius 1 is 0.629 bits per heavy atom. The summed E-state index contributed by atoms with van der Waals surface area (Å²) in [5, 5.41) is 4.78. The second-order valence-corrected chi connectivity index (χ2v) is 22.6. The summed E-state index contributed by atoms with van der Waals surface area (Å²) < 4.78 is 85.6. The minimum absolute atomic E-state index is 0.115. The Labute approximate surface area is 436 Å². The Morgan fingerprint density at radius 3 is 1.90 bits per heavy atom. The number of hydrogen-bond donors (Lipinski definition) is 0. The Bertz CT molecular complexity index is 3930. The molecule has 70 heavy (non-hydrogen) atoms. The Morgan fingerprint density at radius 2 is 1.26 bits per heavy atom. The number of aryl methyl sites for hydroxylation is 2. The standard InChI is InChI=1S/C61H63BN6O.Pt/c1-39-28-29-63-56(30-39)67-55-37-49(26-27-50(55)57-40(2)41(3)64-68(57)62(67)13)69-48-23-19-22-47(36-48)65-38-66(54-25-18-17-24-53(54)65)58-51(42-20-15-14-16-21-42)34-46(61(10,11)12)35-52(58)43-31-44(59(4,5)6)33-45(32-43)60(7,8)9;/h14-37H,1-13H3;/i13D3,14D,15D,16D,20D,21D;. The van der Waals surface area contributed by atoms with Gasteiger partial charge in [0.2, 0.25) is 0 Å². The summed E-state index contributed by atoms with van der Waals surface area (Å²) in [4.78, 5) is 6.44. The summed E-state index contributed by atoms with van der Waals surface area (Å²) in [6, 6.07) is 34.6. The molecule has 0 spiro atoms. The third kappa shape index (κ3) is 8.42. The molecule has 0 saturated heterocycles. The van der Waals surface area contributed by atoms with Crippen LogP contribution in [0.5, 0.6) is 11.5 Å².